The molecule has 1 saturated carbocycles. The molecular formula is C35H42N4O6. The number of hydrogen-bond acceptors (Lipinski definition) is 7. The Morgan fingerprint density at radius 3 is 2.40 bits per heavy atom. The Bertz CT molecular complexity index is 1400. The smallest absolute Gasteiger partial charge is 0.246 e. The first-order chi connectivity index (χ1) is 22.0. The Balaban J connectivity index is 1.08. The van der Waals surface area contributed by atoms with Gasteiger partial charge in [0, 0.05) is 37.9 Å². The number of anilines is 1. The van der Waals surface area contributed by atoms with E-state index >= 15 is 0 Å². The lowest BCUT2D eigenvalue weighted by Crippen LogP contribution is -2.56. The van der Waals surface area contributed by atoms with Crippen LogP contribution in [-0.4, -0.2) is 90.7 Å². The second-order valence-corrected chi connectivity index (χ2v) is 12.8. The lowest BCUT2D eigenvalue weighted by molar-refractivity contribution is -0.141. The summed E-state index contributed by atoms with van der Waals surface area (Å²) in [7, 11) is 0. The van der Waals surface area contributed by atoms with Gasteiger partial charge in [0.05, 0.1) is 31.2 Å². The van der Waals surface area contributed by atoms with Crippen LogP contribution in [0.1, 0.15) is 38.5 Å². The lowest BCUT2D eigenvalue weighted by atomic mass is 9.74. The van der Waals surface area contributed by atoms with Crippen molar-refractivity contribution >= 4 is 23.4 Å². The number of morpholine rings is 1. The number of amides is 3. The zero-order chi connectivity index (χ0) is 30.8. The van der Waals surface area contributed by atoms with Crippen LogP contribution in [0.2, 0.25) is 0 Å². The molecule has 5 aliphatic rings. The first-order valence-corrected chi connectivity index (χ1v) is 16.4. The van der Waals surface area contributed by atoms with Crippen molar-refractivity contribution < 1.29 is 28.6 Å². The summed E-state index contributed by atoms with van der Waals surface area (Å²) in [6.45, 7) is 4.38. The molecule has 1 spiro atoms. The monoisotopic (exact) mass is 614 g/mol. The number of nitrogens with zero attached hydrogens (tertiary/aromatic N) is 2. The SMILES string of the molecule is O=C(Nc1ccc(Oc2ccccc2)cc1)[C@H]1[C@@H]2C=C[C@]3(O2)[C@@H]1C(=O)N(CCCN1CCOCC1)[C@H]3C(=O)NC1CCCCC1. The average molecular weight is 615 g/mol. The van der Waals surface area contributed by atoms with Crippen LogP contribution >= 0.6 is 0 Å². The third kappa shape index (κ3) is 5.98. The molecule has 45 heavy (non-hydrogen) atoms. The Labute approximate surface area is 264 Å². The van der Waals surface area contributed by atoms with E-state index in [4.69, 9.17) is 14.2 Å². The van der Waals surface area contributed by atoms with Crippen molar-refractivity contribution in [3.63, 3.8) is 0 Å². The van der Waals surface area contributed by atoms with E-state index in [1.807, 2.05) is 42.5 Å². The minimum atomic E-state index is -1.16. The molecule has 0 unspecified atom stereocenters. The molecule has 2 bridgehead atoms. The number of nitrogens with one attached hydrogen (secondary N) is 2. The average Bonchev–Trinajstić information content (AvgIpc) is 3.71. The summed E-state index contributed by atoms with van der Waals surface area (Å²) in [4.78, 5) is 46.1. The van der Waals surface area contributed by atoms with E-state index in [1.54, 1.807) is 29.2 Å². The summed E-state index contributed by atoms with van der Waals surface area (Å²) in [6.07, 6.45) is 9.15. The van der Waals surface area contributed by atoms with Gasteiger partial charge in [-0.05, 0) is 55.7 Å². The molecule has 0 radical (unpaired) electrons. The van der Waals surface area contributed by atoms with Gasteiger partial charge in [0.25, 0.3) is 0 Å². The van der Waals surface area contributed by atoms with Crippen LogP contribution in [0.15, 0.2) is 66.7 Å². The number of carbonyl (C=O) groups excluding carboxylic acids is 3. The Hall–Kier alpha value is -3.73. The van der Waals surface area contributed by atoms with Crippen LogP contribution in [-0.2, 0) is 23.9 Å². The molecule has 2 aromatic carbocycles. The van der Waals surface area contributed by atoms with Gasteiger partial charge in [0.2, 0.25) is 17.7 Å². The zero-order valence-corrected chi connectivity index (χ0v) is 25.6. The molecule has 3 amide bonds. The lowest BCUT2D eigenvalue weighted by Gasteiger charge is -2.34. The minimum Gasteiger partial charge on any atom is -0.457 e. The number of likely N-dealkylation sites (tertiary alicyclic amines) is 1. The topological polar surface area (TPSA) is 109 Å². The molecule has 3 saturated heterocycles. The summed E-state index contributed by atoms with van der Waals surface area (Å²) >= 11 is 0. The van der Waals surface area contributed by atoms with Crippen LogP contribution in [0.5, 0.6) is 11.5 Å². The molecule has 10 heteroatoms. The fourth-order valence-electron chi connectivity index (χ4n) is 7.78. The van der Waals surface area contributed by atoms with Gasteiger partial charge in [-0.2, -0.15) is 0 Å². The molecule has 2 N–H and O–H groups in total. The molecule has 5 atom stereocenters. The second kappa shape index (κ2) is 12.9. The number of fused-ring (bicyclic) bond motifs is 1. The van der Waals surface area contributed by atoms with Crippen molar-refractivity contribution in [1.82, 2.24) is 15.1 Å². The Morgan fingerprint density at radius 1 is 0.911 bits per heavy atom. The molecule has 4 fully saturated rings. The summed E-state index contributed by atoms with van der Waals surface area (Å²) in [5.74, 6) is -0.779. The number of ether oxygens (including phenoxy) is 3. The van der Waals surface area contributed by atoms with Crippen LogP contribution < -0.4 is 15.4 Å². The molecule has 0 aromatic heterocycles. The van der Waals surface area contributed by atoms with Gasteiger partial charge < -0.3 is 29.7 Å². The first-order valence-electron chi connectivity index (χ1n) is 16.4. The number of benzene rings is 2. The van der Waals surface area contributed by atoms with Gasteiger partial charge >= 0.3 is 0 Å². The van der Waals surface area contributed by atoms with Crippen LogP contribution in [0, 0.1) is 11.8 Å². The Morgan fingerprint density at radius 2 is 1.64 bits per heavy atom. The van der Waals surface area contributed by atoms with E-state index < -0.39 is 29.6 Å². The van der Waals surface area contributed by atoms with Gasteiger partial charge in [-0.15, -0.1) is 0 Å². The highest BCUT2D eigenvalue weighted by Crippen LogP contribution is 2.55. The standard InChI is InChI=1S/C35H42N4O6/c40-32(36-25-12-14-27(15-13-25)44-26-10-5-2-6-11-26)29-28-16-17-35(45-28)30(29)34(42)39(19-7-18-38-20-22-43-23-21-38)31(35)33(41)37-24-8-3-1-4-9-24/h2,5-6,10-17,24,28-31H,1,3-4,7-9,18-23H2,(H,36,40)(H,37,41)/t28-,29-,30-,31-,35-/m0/s1. The highest BCUT2D eigenvalue weighted by molar-refractivity contribution is 6.02. The van der Waals surface area contributed by atoms with Crippen LogP contribution in [0.25, 0.3) is 0 Å². The van der Waals surface area contributed by atoms with Crippen LogP contribution in [0.4, 0.5) is 5.69 Å². The molecule has 4 heterocycles. The zero-order valence-electron chi connectivity index (χ0n) is 25.6. The maximum Gasteiger partial charge on any atom is 0.246 e. The molecule has 2 aromatic rings. The third-order valence-corrected chi connectivity index (χ3v) is 9.95. The highest BCUT2D eigenvalue weighted by Gasteiger charge is 2.72. The van der Waals surface area contributed by atoms with Gasteiger partial charge in [-0.25, -0.2) is 0 Å². The number of carbonyl (C=O) groups is 3. The maximum absolute atomic E-state index is 14.2. The highest BCUT2D eigenvalue weighted by atomic mass is 16.5. The van der Waals surface area contributed by atoms with Crippen molar-refractivity contribution in [2.24, 2.45) is 11.8 Å². The molecular weight excluding hydrogens is 572 g/mol. The van der Waals surface area contributed by atoms with Crippen molar-refractivity contribution in [3.8, 4) is 11.5 Å². The summed E-state index contributed by atoms with van der Waals surface area (Å²) < 4.78 is 17.9. The fourth-order valence-corrected chi connectivity index (χ4v) is 7.78. The molecule has 10 nitrogen and oxygen atoms in total. The van der Waals surface area contributed by atoms with Crippen molar-refractivity contribution in [3.05, 3.63) is 66.7 Å². The van der Waals surface area contributed by atoms with Gasteiger partial charge in [0.1, 0.15) is 23.1 Å². The van der Waals surface area contributed by atoms with E-state index in [0.29, 0.717) is 31.2 Å². The van der Waals surface area contributed by atoms with Crippen molar-refractivity contribution in [1.29, 1.82) is 0 Å². The number of para-hydroxylation sites is 1. The van der Waals surface area contributed by atoms with Crippen molar-refractivity contribution in [2.75, 3.05) is 44.7 Å². The molecule has 1 aliphatic carbocycles. The summed E-state index contributed by atoms with van der Waals surface area (Å²) in [6, 6.07) is 15.9. The molecule has 4 aliphatic heterocycles. The summed E-state index contributed by atoms with van der Waals surface area (Å²) in [5, 5.41) is 6.26. The van der Waals surface area contributed by atoms with E-state index in [-0.39, 0.29) is 23.8 Å². The normalized spacial score (nSPS) is 29.5. The minimum absolute atomic E-state index is 0.0996. The summed E-state index contributed by atoms with van der Waals surface area (Å²) in [5.41, 5.74) is -0.560. The van der Waals surface area contributed by atoms with Gasteiger partial charge in [-0.3, -0.25) is 19.3 Å². The second-order valence-electron chi connectivity index (χ2n) is 12.8. The van der Waals surface area contributed by atoms with Crippen LogP contribution in [0.3, 0.4) is 0 Å². The van der Waals surface area contributed by atoms with Crippen molar-refractivity contribution in [2.45, 2.75) is 62.3 Å². The van der Waals surface area contributed by atoms with E-state index in [9.17, 15) is 14.4 Å². The number of rotatable bonds is 10. The predicted octanol–water partition coefficient (Wildman–Crippen LogP) is 3.74. The molecule has 238 valence electrons. The Kier molecular flexibility index (Phi) is 8.61. The largest absolute Gasteiger partial charge is 0.457 e. The fraction of sp³-hybridized carbons (Fsp3) is 0.514. The van der Waals surface area contributed by atoms with Gasteiger partial charge in [0.15, 0.2) is 0 Å². The molecule has 7 rings (SSSR count). The predicted molar refractivity (Wildman–Crippen MR) is 168 cm³/mol. The van der Waals surface area contributed by atoms with Gasteiger partial charge in [-0.1, -0.05) is 49.6 Å². The quantitative estimate of drug-likeness (QED) is 0.393. The maximum atomic E-state index is 14.2. The first kappa shape index (κ1) is 30.0. The van der Waals surface area contributed by atoms with E-state index in [2.05, 4.69) is 15.5 Å². The number of hydrogen-bond donors (Lipinski definition) is 2. The van der Waals surface area contributed by atoms with E-state index in [0.717, 1.165) is 57.5 Å². The third-order valence-electron chi connectivity index (χ3n) is 9.95. The van der Waals surface area contributed by atoms with E-state index in [1.165, 1.54) is 6.42 Å².